The van der Waals surface area contributed by atoms with E-state index in [0.29, 0.717) is 30.9 Å². The molecule has 8 nitrogen and oxygen atoms in total. The van der Waals surface area contributed by atoms with E-state index in [1.54, 1.807) is 23.7 Å². The normalized spacial score (nSPS) is 24.2. The van der Waals surface area contributed by atoms with Crippen LogP contribution in [0.15, 0.2) is 79.0 Å². The summed E-state index contributed by atoms with van der Waals surface area (Å²) in [6.45, 7) is 1.38. The van der Waals surface area contributed by atoms with Gasteiger partial charge in [-0.25, -0.2) is 8.42 Å². The molecule has 1 amide bonds. The number of rotatable bonds is 9. The first-order valence-corrected chi connectivity index (χ1v) is 15.5. The molecule has 40 heavy (non-hydrogen) atoms. The maximum atomic E-state index is 13.6. The fraction of sp³-hybridized carbons (Fsp3) is 0.419. The van der Waals surface area contributed by atoms with Crippen LogP contribution in [0.3, 0.4) is 0 Å². The molecule has 3 atom stereocenters. The Kier molecular flexibility index (Phi) is 7.37. The van der Waals surface area contributed by atoms with Crippen molar-refractivity contribution in [1.82, 2.24) is 14.2 Å². The van der Waals surface area contributed by atoms with Crippen LogP contribution in [-0.4, -0.2) is 67.5 Å². The van der Waals surface area contributed by atoms with Crippen LogP contribution in [0.4, 0.5) is 0 Å². The van der Waals surface area contributed by atoms with Crippen LogP contribution in [0.25, 0.3) is 0 Å². The van der Waals surface area contributed by atoms with Crippen molar-refractivity contribution in [3.63, 3.8) is 0 Å². The first kappa shape index (κ1) is 26.9. The van der Waals surface area contributed by atoms with Crippen LogP contribution in [0, 0.1) is 0 Å². The minimum absolute atomic E-state index is 0.115. The molecule has 3 aromatic rings. The molecule has 2 aromatic carbocycles. The number of nitrogens with zero attached hydrogens (tertiary/aromatic N) is 3. The van der Waals surface area contributed by atoms with E-state index in [1.807, 2.05) is 71.6 Å². The molecule has 2 saturated heterocycles. The molecule has 0 bridgehead atoms. The Hall–Kier alpha value is -3.27. The molecular weight excluding hydrogens is 526 g/mol. The molecule has 0 spiro atoms. The molecule has 1 aromatic heterocycles. The van der Waals surface area contributed by atoms with Gasteiger partial charge >= 0.3 is 0 Å². The van der Waals surface area contributed by atoms with E-state index in [-0.39, 0.29) is 29.9 Å². The van der Waals surface area contributed by atoms with Crippen molar-refractivity contribution in [3.05, 3.63) is 95.8 Å². The van der Waals surface area contributed by atoms with Gasteiger partial charge in [0.25, 0.3) is 0 Å². The average Bonchev–Trinajstić information content (AvgIpc) is 3.43. The van der Waals surface area contributed by atoms with E-state index in [0.717, 1.165) is 36.9 Å². The van der Waals surface area contributed by atoms with Gasteiger partial charge < -0.3 is 14.4 Å². The molecule has 3 fully saturated rings. The van der Waals surface area contributed by atoms with Crippen molar-refractivity contribution in [2.75, 3.05) is 26.7 Å². The highest BCUT2D eigenvalue weighted by molar-refractivity contribution is 7.88. The fourth-order valence-corrected chi connectivity index (χ4v) is 7.95. The van der Waals surface area contributed by atoms with Crippen molar-refractivity contribution in [1.29, 1.82) is 0 Å². The number of likely N-dealkylation sites (tertiary alicyclic amines) is 1. The van der Waals surface area contributed by atoms with Gasteiger partial charge in [-0.15, -0.1) is 0 Å². The monoisotopic (exact) mass is 561 g/mol. The molecule has 3 unspecified atom stereocenters. The molecule has 2 aliphatic heterocycles. The van der Waals surface area contributed by atoms with E-state index in [1.165, 1.54) is 0 Å². The van der Waals surface area contributed by atoms with Gasteiger partial charge in [0.1, 0.15) is 18.0 Å². The van der Waals surface area contributed by atoms with Crippen LogP contribution in [0.2, 0.25) is 0 Å². The van der Waals surface area contributed by atoms with E-state index in [9.17, 15) is 13.2 Å². The van der Waals surface area contributed by atoms with E-state index < -0.39 is 15.4 Å². The van der Waals surface area contributed by atoms with Gasteiger partial charge in [-0.2, -0.15) is 4.31 Å². The summed E-state index contributed by atoms with van der Waals surface area (Å²) in [6.07, 6.45) is 4.36. The fourth-order valence-electron chi connectivity index (χ4n) is 6.18. The number of carbonyl (C=O) groups is 1. The summed E-state index contributed by atoms with van der Waals surface area (Å²) in [5, 5.41) is 0. The molecule has 210 valence electrons. The summed E-state index contributed by atoms with van der Waals surface area (Å²) in [4.78, 5) is 19.9. The van der Waals surface area contributed by atoms with Crippen molar-refractivity contribution in [2.45, 2.75) is 55.1 Å². The van der Waals surface area contributed by atoms with E-state index in [4.69, 9.17) is 9.47 Å². The minimum Gasteiger partial charge on any atom is -0.486 e. The summed E-state index contributed by atoms with van der Waals surface area (Å²) in [6, 6.07) is 22.6. The third-order valence-corrected chi connectivity index (χ3v) is 10.3. The molecule has 0 N–H and O–H groups in total. The number of hydrogen-bond donors (Lipinski definition) is 0. The zero-order valence-corrected chi connectivity index (χ0v) is 23.5. The lowest BCUT2D eigenvalue weighted by Gasteiger charge is -2.24. The Morgan fingerprint density at radius 1 is 1.00 bits per heavy atom. The summed E-state index contributed by atoms with van der Waals surface area (Å²) in [7, 11) is -1.93. The smallest absolute Gasteiger partial charge is 0.233 e. The zero-order chi connectivity index (χ0) is 27.7. The molecule has 1 saturated carbocycles. The first-order valence-electron chi connectivity index (χ1n) is 13.9. The summed E-state index contributed by atoms with van der Waals surface area (Å²) in [5.74, 6) is 0.580. The van der Waals surface area contributed by atoms with Gasteiger partial charge in [0.05, 0.1) is 36.0 Å². The average molecular weight is 562 g/mol. The van der Waals surface area contributed by atoms with Gasteiger partial charge in [0.2, 0.25) is 15.9 Å². The van der Waals surface area contributed by atoms with Crippen LogP contribution < -0.4 is 4.74 Å². The maximum Gasteiger partial charge on any atom is 0.233 e. The molecule has 1 aliphatic carbocycles. The van der Waals surface area contributed by atoms with Gasteiger partial charge in [-0.1, -0.05) is 48.5 Å². The predicted octanol–water partition coefficient (Wildman–Crippen LogP) is 4.08. The highest BCUT2D eigenvalue weighted by Gasteiger charge is 2.55. The Morgan fingerprint density at radius 2 is 1.77 bits per heavy atom. The number of aromatic nitrogens is 1. The number of amides is 1. The Bertz CT molecular complexity index is 1450. The standard InChI is InChI=1S/C31H35N3O5S/c1-38-28-20-33(30(35)31(15-16-31)24-10-3-2-4-11-24)21-29(28)39-25-12-7-9-23(19-25)22-40(36,37)34-18-8-14-27(34)26-13-5-6-17-32-26/h2-7,9-13,17,19,27-29H,8,14-16,18,20-22H2,1H3. The Labute approximate surface area is 236 Å². The number of methoxy groups -OCH3 is 1. The topological polar surface area (TPSA) is 89.0 Å². The lowest BCUT2D eigenvalue weighted by atomic mass is 9.94. The largest absolute Gasteiger partial charge is 0.486 e. The molecule has 0 radical (unpaired) electrons. The summed E-state index contributed by atoms with van der Waals surface area (Å²) >= 11 is 0. The highest BCUT2D eigenvalue weighted by atomic mass is 32.2. The van der Waals surface area contributed by atoms with Crippen molar-refractivity contribution < 1.29 is 22.7 Å². The first-order chi connectivity index (χ1) is 19.4. The number of ether oxygens (including phenoxy) is 2. The maximum absolute atomic E-state index is 13.6. The minimum atomic E-state index is -3.57. The quantitative estimate of drug-likeness (QED) is 0.391. The van der Waals surface area contributed by atoms with E-state index >= 15 is 0 Å². The van der Waals surface area contributed by atoms with Crippen LogP contribution in [0.1, 0.15) is 48.5 Å². The predicted molar refractivity (Wildman–Crippen MR) is 151 cm³/mol. The van der Waals surface area contributed by atoms with Crippen molar-refractivity contribution >= 4 is 15.9 Å². The second-order valence-electron chi connectivity index (χ2n) is 11.0. The second kappa shape index (κ2) is 11.0. The molecule has 6 rings (SSSR count). The zero-order valence-electron chi connectivity index (χ0n) is 22.7. The number of hydrogen-bond acceptors (Lipinski definition) is 6. The number of carbonyl (C=O) groups excluding carboxylic acids is 1. The SMILES string of the molecule is COC1CN(C(=O)C2(c3ccccc3)CC2)CC1Oc1cccc(CS(=O)(=O)N2CCCC2c2ccccn2)c1. The van der Waals surface area contributed by atoms with Crippen LogP contribution in [-0.2, 0) is 30.7 Å². The molecule has 3 aliphatic rings. The molecule has 9 heteroatoms. The summed E-state index contributed by atoms with van der Waals surface area (Å²) in [5.41, 5.74) is 2.07. The summed E-state index contributed by atoms with van der Waals surface area (Å²) < 4.78 is 40.6. The van der Waals surface area contributed by atoms with Gasteiger partial charge in [-0.3, -0.25) is 9.78 Å². The van der Waals surface area contributed by atoms with Crippen LogP contribution in [0.5, 0.6) is 5.75 Å². The van der Waals surface area contributed by atoms with Crippen molar-refractivity contribution in [3.8, 4) is 5.75 Å². The number of pyridine rings is 1. The third-order valence-electron chi connectivity index (χ3n) is 8.42. The van der Waals surface area contributed by atoms with Crippen LogP contribution >= 0.6 is 0 Å². The van der Waals surface area contributed by atoms with Gasteiger partial charge in [0.15, 0.2) is 0 Å². The Morgan fingerprint density at radius 3 is 2.50 bits per heavy atom. The van der Waals surface area contributed by atoms with E-state index in [2.05, 4.69) is 4.98 Å². The van der Waals surface area contributed by atoms with Gasteiger partial charge in [-0.05, 0) is 61.1 Å². The number of benzene rings is 2. The second-order valence-corrected chi connectivity index (χ2v) is 12.9. The third kappa shape index (κ3) is 5.25. The Balaban J connectivity index is 1.14. The number of sulfonamides is 1. The molecular formula is C31H35N3O5S. The lowest BCUT2D eigenvalue weighted by Crippen LogP contribution is -2.38. The lowest BCUT2D eigenvalue weighted by molar-refractivity contribution is -0.133. The molecule has 3 heterocycles. The van der Waals surface area contributed by atoms with Crippen molar-refractivity contribution in [2.24, 2.45) is 0 Å². The van der Waals surface area contributed by atoms with Gasteiger partial charge in [0, 0.05) is 19.9 Å². The highest BCUT2D eigenvalue weighted by Crippen LogP contribution is 2.50.